The lowest BCUT2D eigenvalue weighted by atomic mass is 10.00. The van der Waals surface area contributed by atoms with E-state index in [1.165, 1.54) is 30.3 Å². The molecule has 1 atom stereocenters. The second-order valence-electron chi connectivity index (χ2n) is 13.6. The minimum atomic E-state index is -1.08. The SMILES string of the molecule is O=C1CCC(N2C(=O)c3ccc(C(=O)NCCCCCCNC(=O)c4ccc(-c5cc(-c6ccc([N+](=O)[O-])cc6)nc(-c6ccco6)c5)cc4)cc3C2=O)C(=O)N1. The largest absolute Gasteiger partial charge is 0.463 e. The first-order valence-corrected chi connectivity index (χ1v) is 18.4. The number of nitro groups is 1. The zero-order valence-electron chi connectivity index (χ0n) is 30.5. The number of nitro benzene ring substituents is 1. The smallest absolute Gasteiger partial charge is 0.269 e. The molecule has 0 radical (unpaired) electrons. The number of aromatic nitrogens is 1. The van der Waals surface area contributed by atoms with Gasteiger partial charge in [-0.3, -0.25) is 49.1 Å². The predicted molar refractivity (Wildman–Crippen MR) is 206 cm³/mol. The quantitative estimate of drug-likeness (QED) is 0.0542. The lowest BCUT2D eigenvalue weighted by Crippen LogP contribution is -2.54. The third-order valence-electron chi connectivity index (χ3n) is 9.83. The van der Waals surface area contributed by atoms with Crippen molar-refractivity contribution in [2.75, 3.05) is 13.1 Å². The number of unbranched alkanes of at least 4 members (excludes halogenated alkanes) is 3. The highest BCUT2D eigenvalue weighted by atomic mass is 16.6. The number of hydrogen-bond donors (Lipinski definition) is 3. The van der Waals surface area contributed by atoms with Crippen molar-refractivity contribution in [1.29, 1.82) is 0 Å². The van der Waals surface area contributed by atoms with Gasteiger partial charge in [0.05, 0.1) is 28.0 Å². The Hall–Kier alpha value is -7.29. The van der Waals surface area contributed by atoms with E-state index in [2.05, 4.69) is 16.0 Å². The Bertz CT molecular complexity index is 2390. The van der Waals surface area contributed by atoms with Gasteiger partial charge in [0.2, 0.25) is 11.8 Å². The van der Waals surface area contributed by atoms with Crippen molar-refractivity contribution >= 4 is 41.1 Å². The molecule has 15 heteroatoms. The van der Waals surface area contributed by atoms with Crippen LogP contribution < -0.4 is 16.0 Å². The molecule has 1 saturated heterocycles. The van der Waals surface area contributed by atoms with Crippen LogP contribution in [0.2, 0.25) is 0 Å². The van der Waals surface area contributed by atoms with Gasteiger partial charge in [0, 0.05) is 48.3 Å². The molecule has 3 N–H and O–H groups in total. The summed E-state index contributed by atoms with van der Waals surface area (Å²) in [7, 11) is 0. The Morgan fingerprint density at radius 3 is 2.04 bits per heavy atom. The molecule has 2 aliphatic heterocycles. The van der Waals surface area contributed by atoms with Crippen LogP contribution >= 0.6 is 0 Å². The minimum absolute atomic E-state index is 0.0173. The predicted octanol–water partition coefficient (Wildman–Crippen LogP) is 5.71. The molecule has 1 fully saturated rings. The molecule has 4 heterocycles. The average molecular weight is 769 g/mol. The van der Waals surface area contributed by atoms with Crippen LogP contribution in [0.5, 0.6) is 0 Å². The maximum atomic E-state index is 13.1. The number of amides is 6. The van der Waals surface area contributed by atoms with Gasteiger partial charge in [-0.05, 0) is 97.1 Å². The molecule has 2 aromatic heterocycles. The van der Waals surface area contributed by atoms with E-state index in [0.29, 0.717) is 47.8 Å². The Kier molecular flexibility index (Phi) is 11.1. The van der Waals surface area contributed by atoms with Crippen LogP contribution in [0.25, 0.3) is 33.8 Å². The monoisotopic (exact) mass is 768 g/mol. The Labute approximate surface area is 325 Å². The van der Waals surface area contributed by atoms with E-state index in [9.17, 15) is 38.9 Å². The normalized spacial score (nSPS) is 14.9. The summed E-state index contributed by atoms with van der Waals surface area (Å²) in [5.41, 5.74) is 4.40. The van der Waals surface area contributed by atoms with Gasteiger partial charge in [0.25, 0.3) is 29.3 Å². The minimum Gasteiger partial charge on any atom is -0.463 e. The number of imide groups is 2. The number of carbonyl (C=O) groups excluding carboxylic acids is 6. The van der Waals surface area contributed by atoms with Gasteiger partial charge in [-0.2, -0.15) is 0 Å². The number of piperidine rings is 1. The van der Waals surface area contributed by atoms with Gasteiger partial charge in [0.1, 0.15) is 11.7 Å². The number of pyridine rings is 1. The van der Waals surface area contributed by atoms with E-state index in [1.807, 2.05) is 24.3 Å². The van der Waals surface area contributed by atoms with Gasteiger partial charge in [0.15, 0.2) is 5.76 Å². The molecule has 0 aliphatic carbocycles. The fourth-order valence-corrected chi connectivity index (χ4v) is 6.79. The van der Waals surface area contributed by atoms with Crippen molar-refractivity contribution in [3.05, 3.63) is 130 Å². The average Bonchev–Trinajstić information content (AvgIpc) is 3.85. The molecule has 3 aromatic carbocycles. The summed E-state index contributed by atoms with van der Waals surface area (Å²) in [4.78, 5) is 91.8. The van der Waals surface area contributed by atoms with Crippen LogP contribution in [-0.2, 0) is 9.59 Å². The lowest BCUT2D eigenvalue weighted by molar-refractivity contribution is -0.384. The lowest BCUT2D eigenvalue weighted by Gasteiger charge is -2.27. The van der Waals surface area contributed by atoms with E-state index in [-0.39, 0.29) is 41.1 Å². The maximum Gasteiger partial charge on any atom is 0.269 e. The van der Waals surface area contributed by atoms with Crippen LogP contribution in [0.15, 0.2) is 102 Å². The summed E-state index contributed by atoms with van der Waals surface area (Å²) in [6, 6.07) is 23.8. The van der Waals surface area contributed by atoms with E-state index >= 15 is 0 Å². The molecule has 0 bridgehead atoms. The van der Waals surface area contributed by atoms with Crippen LogP contribution in [0.4, 0.5) is 5.69 Å². The van der Waals surface area contributed by atoms with E-state index in [4.69, 9.17) is 9.40 Å². The molecule has 57 heavy (non-hydrogen) atoms. The third kappa shape index (κ3) is 8.37. The summed E-state index contributed by atoms with van der Waals surface area (Å²) in [5.74, 6) is -2.51. The standard InChI is InChI=1S/C42H36N6O9/c49-37-18-17-35(40(52)46-37)47-41(53)31-16-13-28(22-32(31)42(47)54)39(51)44-20-4-2-1-3-19-43-38(50)27-9-7-25(8-10-27)29-23-33(26-11-14-30(15-12-26)48(55)56)45-34(24-29)36-6-5-21-57-36/h5-16,21-24,35H,1-4,17-20H2,(H,43,50)(H,44,51)(H,46,49,52). The molecule has 5 aromatic rings. The molecule has 15 nitrogen and oxygen atoms in total. The topological polar surface area (TPSA) is 211 Å². The first kappa shape index (κ1) is 38.0. The second kappa shape index (κ2) is 16.6. The van der Waals surface area contributed by atoms with Crippen LogP contribution in [0, 0.1) is 10.1 Å². The number of non-ortho nitro benzene ring substituents is 1. The highest BCUT2D eigenvalue weighted by molar-refractivity contribution is 6.24. The highest BCUT2D eigenvalue weighted by Crippen LogP contribution is 2.32. The summed E-state index contributed by atoms with van der Waals surface area (Å²) in [5, 5.41) is 19.1. The van der Waals surface area contributed by atoms with Crippen molar-refractivity contribution in [3.8, 4) is 33.8 Å². The zero-order chi connectivity index (χ0) is 40.1. The van der Waals surface area contributed by atoms with Crippen molar-refractivity contribution in [2.24, 2.45) is 0 Å². The van der Waals surface area contributed by atoms with Crippen molar-refractivity contribution in [2.45, 2.75) is 44.6 Å². The molecule has 0 spiro atoms. The number of benzene rings is 3. The number of nitrogens with zero attached hydrogens (tertiary/aromatic N) is 3. The van der Waals surface area contributed by atoms with Gasteiger partial charge in [-0.1, -0.05) is 25.0 Å². The van der Waals surface area contributed by atoms with Gasteiger partial charge >= 0.3 is 0 Å². The van der Waals surface area contributed by atoms with E-state index in [0.717, 1.165) is 35.3 Å². The number of fused-ring (bicyclic) bond motifs is 1. The maximum absolute atomic E-state index is 13.1. The molecule has 1 unspecified atom stereocenters. The van der Waals surface area contributed by atoms with Crippen molar-refractivity contribution in [1.82, 2.24) is 25.8 Å². The highest BCUT2D eigenvalue weighted by Gasteiger charge is 2.44. The molecule has 288 valence electrons. The summed E-state index contributed by atoms with van der Waals surface area (Å²) < 4.78 is 5.59. The fourth-order valence-electron chi connectivity index (χ4n) is 6.79. The van der Waals surface area contributed by atoms with Crippen LogP contribution in [0.3, 0.4) is 0 Å². The van der Waals surface area contributed by atoms with Gasteiger partial charge < -0.3 is 15.1 Å². The summed E-state index contributed by atoms with van der Waals surface area (Å²) in [6.07, 6.45) is 4.67. The van der Waals surface area contributed by atoms with Gasteiger partial charge in [-0.15, -0.1) is 0 Å². The van der Waals surface area contributed by atoms with Crippen LogP contribution in [0.1, 0.15) is 80.0 Å². The van der Waals surface area contributed by atoms with Crippen molar-refractivity contribution < 1.29 is 38.1 Å². The molecule has 7 rings (SSSR count). The fraction of sp³-hybridized carbons (Fsp3) is 0.214. The zero-order valence-corrected chi connectivity index (χ0v) is 30.5. The van der Waals surface area contributed by atoms with Crippen LogP contribution in [-0.4, -0.2) is 69.4 Å². The number of nitrogens with one attached hydrogen (secondary N) is 3. The molecule has 2 aliphatic rings. The molecule has 0 saturated carbocycles. The molecular formula is C42H36N6O9. The molecule has 6 amide bonds. The Morgan fingerprint density at radius 1 is 0.754 bits per heavy atom. The first-order valence-electron chi connectivity index (χ1n) is 18.4. The van der Waals surface area contributed by atoms with Gasteiger partial charge in [-0.25, -0.2) is 4.98 Å². The van der Waals surface area contributed by atoms with E-state index < -0.39 is 40.5 Å². The number of rotatable bonds is 14. The van der Waals surface area contributed by atoms with Crippen molar-refractivity contribution in [3.63, 3.8) is 0 Å². The third-order valence-corrected chi connectivity index (χ3v) is 9.83. The number of hydrogen-bond acceptors (Lipinski definition) is 10. The molecular weight excluding hydrogens is 732 g/mol. The summed E-state index contributed by atoms with van der Waals surface area (Å²) >= 11 is 0. The second-order valence-corrected chi connectivity index (χ2v) is 13.6. The first-order chi connectivity index (χ1) is 27.6. The Balaban J connectivity index is 0.857. The number of carbonyl (C=O) groups is 6. The Morgan fingerprint density at radius 2 is 1.39 bits per heavy atom. The summed E-state index contributed by atoms with van der Waals surface area (Å²) in [6.45, 7) is 0.861. The number of furan rings is 1. The van der Waals surface area contributed by atoms with E-state index in [1.54, 1.807) is 42.7 Å².